The minimum Gasteiger partial charge on any atom is -0.300 e. The van der Waals surface area contributed by atoms with E-state index in [-0.39, 0.29) is 142 Å². The van der Waals surface area contributed by atoms with Gasteiger partial charge >= 0.3 is 0 Å². The number of ketones is 1. The number of allylic oxidation sites excluding steroid dienone is 6. The van der Waals surface area contributed by atoms with Crippen LogP contribution in [0.3, 0.4) is 0 Å². The molecule has 0 saturated heterocycles. The maximum absolute atomic E-state index is 10.9. The van der Waals surface area contributed by atoms with Gasteiger partial charge in [0.25, 0.3) is 0 Å². The summed E-state index contributed by atoms with van der Waals surface area (Å²) in [4.78, 5) is 10.9. The van der Waals surface area contributed by atoms with Crippen LogP contribution >= 0.6 is 0 Å². The fourth-order valence-corrected chi connectivity index (χ4v) is 2.31. The Morgan fingerprint density at radius 2 is 1.18 bits per heavy atom. The quantitative estimate of drug-likeness (QED) is 0.159. The first-order valence-electron chi connectivity index (χ1n) is 9.32. The molecule has 0 heterocycles. The Hall–Kier alpha value is 3.05. The summed E-state index contributed by atoms with van der Waals surface area (Å²) in [5, 5.41) is 0. The van der Waals surface area contributed by atoms with Crippen LogP contribution in [0.2, 0.25) is 0 Å². The SMILES string of the molecule is CC(=O)CCCCCCC(C)(C)/C=C\[CH-]/C=C\[CH-]/C=C\C(C)(C)C.[Y].[Y].[Y].[Y]. The number of unbranched alkanes of at least 4 members (excludes halogenated alkanes) is 3. The van der Waals surface area contributed by atoms with Gasteiger partial charge in [-0.05, 0) is 13.3 Å². The monoisotopic (exact) mass is 686 g/mol. The first-order valence-corrected chi connectivity index (χ1v) is 9.32. The topological polar surface area (TPSA) is 17.1 Å². The van der Waals surface area contributed by atoms with E-state index in [4.69, 9.17) is 0 Å². The van der Waals surface area contributed by atoms with Gasteiger partial charge in [0, 0.05) is 137 Å². The Kier molecular flexibility index (Phi) is 36.4. The number of rotatable bonds is 12. The van der Waals surface area contributed by atoms with E-state index in [1.54, 1.807) is 6.92 Å². The predicted octanol–water partition coefficient (Wildman–Crippen LogP) is 7.06. The summed E-state index contributed by atoms with van der Waals surface area (Å²) < 4.78 is 0. The van der Waals surface area contributed by atoms with Crippen molar-refractivity contribution in [1.29, 1.82) is 0 Å². The average Bonchev–Trinajstić information content (AvgIpc) is 2.44. The molecule has 0 aliphatic carbocycles. The second kappa shape index (κ2) is 24.7. The Morgan fingerprint density at radius 3 is 1.64 bits per heavy atom. The van der Waals surface area contributed by atoms with E-state index in [1.165, 1.54) is 25.7 Å². The Morgan fingerprint density at radius 1 is 0.714 bits per heavy atom. The molecule has 0 atom stereocenters. The van der Waals surface area contributed by atoms with Crippen molar-refractivity contribution in [2.45, 2.75) is 80.1 Å². The van der Waals surface area contributed by atoms with Crippen LogP contribution in [-0.4, -0.2) is 5.78 Å². The summed E-state index contributed by atoms with van der Waals surface area (Å²) in [5.41, 5.74) is 0.477. The molecule has 0 unspecified atom stereocenters. The molecule has 0 N–H and O–H groups in total. The molecule has 0 fully saturated rings. The summed E-state index contributed by atoms with van der Waals surface area (Å²) in [6, 6.07) is 0. The van der Waals surface area contributed by atoms with E-state index >= 15 is 0 Å². The summed E-state index contributed by atoms with van der Waals surface area (Å²) in [6.07, 6.45) is 23.7. The Balaban J connectivity index is -0.000000441. The molecule has 0 aromatic heterocycles. The minimum atomic E-state index is 0. The van der Waals surface area contributed by atoms with Crippen LogP contribution in [0.1, 0.15) is 80.1 Å². The Labute approximate surface area is 276 Å². The molecule has 0 bridgehead atoms. The van der Waals surface area contributed by atoms with Gasteiger partial charge in [-0.15, -0.1) is 0 Å². The molecule has 0 rings (SSSR count). The molecule has 0 spiro atoms. The number of carbonyl (C=O) groups is 1. The van der Waals surface area contributed by atoms with Crippen molar-refractivity contribution in [3.8, 4) is 0 Å². The third-order valence-electron chi connectivity index (χ3n) is 3.80. The number of carbonyl (C=O) groups excluding carboxylic acids is 1. The Bertz CT molecular complexity index is 432. The van der Waals surface area contributed by atoms with E-state index in [1.807, 2.05) is 0 Å². The van der Waals surface area contributed by atoms with Gasteiger partial charge in [-0.2, -0.15) is 24.3 Å². The van der Waals surface area contributed by atoms with E-state index < -0.39 is 0 Å². The zero-order chi connectivity index (χ0) is 18.5. The van der Waals surface area contributed by atoms with Crippen molar-refractivity contribution in [1.82, 2.24) is 0 Å². The molecule has 150 valence electrons. The third kappa shape index (κ3) is 33.7. The van der Waals surface area contributed by atoms with E-state index in [0.717, 1.165) is 12.8 Å². The molecule has 4 radical (unpaired) electrons. The zero-order valence-corrected chi connectivity index (χ0v) is 30.4. The molecule has 0 saturated carbocycles. The maximum atomic E-state index is 10.9. The van der Waals surface area contributed by atoms with Crippen LogP contribution in [0.5, 0.6) is 0 Å². The summed E-state index contributed by atoms with van der Waals surface area (Å²) in [7, 11) is 0. The fraction of sp³-hybridized carbons (Fsp3) is 0.609. The van der Waals surface area contributed by atoms with Crippen molar-refractivity contribution in [2.24, 2.45) is 10.8 Å². The first kappa shape index (κ1) is 41.3. The van der Waals surface area contributed by atoms with Gasteiger partial charge in [0.1, 0.15) is 5.78 Å². The molecule has 0 amide bonds. The predicted molar refractivity (Wildman–Crippen MR) is 108 cm³/mol. The molecule has 0 aliphatic rings. The summed E-state index contributed by atoms with van der Waals surface area (Å²) >= 11 is 0. The molecule has 1 nitrogen and oxygen atoms in total. The van der Waals surface area contributed by atoms with Gasteiger partial charge < -0.3 is 4.79 Å². The van der Waals surface area contributed by atoms with Crippen LogP contribution in [0, 0.1) is 23.7 Å². The normalized spacial score (nSPS) is 11.4. The smallest absolute Gasteiger partial charge is 0.129 e. The van der Waals surface area contributed by atoms with Crippen molar-refractivity contribution in [3.05, 3.63) is 49.3 Å². The molecule has 0 aromatic carbocycles. The fourth-order valence-electron chi connectivity index (χ4n) is 2.31. The van der Waals surface area contributed by atoms with Crippen LogP contribution in [0.15, 0.2) is 36.5 Å². The maximum Gasteiger partial charge on any atom is 0.129 e. The average molecular weight is 686 g/mol. The van der Waals surface area contributed by atoms with Crippen molar-refractivity contribution >= 4 is 5.78 Å². The molecule has 0 aromatic rings. The van der Waals surface area contributed by atoms with Gasteiger partial charge in [-0.1, -0.05) is 71.1 Å². The van der Waals surface area contributed by atoms with Gasteiger partial charge in [0.05, 0.1) is 0 Å². The molecule has 0 aliphatic heterocycles. The second-order valence-electron chi connectivity index (χ2n) is 8.46. The van der Waals surface area contributed by atoms with Crippen LogP contribution in [-0.2, 0) is 136 Å². The minimum absolute atomic E-state index is 0. The van der Waals surface area contributed by atoms with E-state index in [0.29, 0.717) is 5.78 Å². The van der Waals surface area contributed by atoms with E-state index in [9.17, 15) is 4.79 Å². The number of hydrogen-bond acceptors (Lipinski definition) is 1. The third-order valence-corrected chi connectivity index (χ3v) is 3.80. The van der Waals surface area contributed by atoms with Crippen LogP contribution in [0.25, 0.3) is 0 Å². The second-order valence-corrected chi connectivity index (χ2v) is 8.46. The molecule has 28 heavy (non-hydrogen) atoms. The largest absolute Gasteiger partial charge is 0.300 e. The van der Waals surface area contributed by atoms with Gasteiger partial charge in [-0.3, -0.25) is 12.2 Å². The zero-order valence-electron chi connectivity index (χ0n) is 19.1. The number of Topliss-reactive ketones (excluding diaryl/α,β-unsaturated/α-hetero) is 1. The molecule has 5 heteroatoms. The van der Waals surface area contributed by atoms with Crippen molar-refractivity contribution < 1.29 is 136 Å². The van der Waals surface area contributed by atoms with Gasteiger partial charge in [-0.25, -0.2) is 12.8 Å². The standard InChI is InChI=1S/C23H38O.4Y/c1-21(24)17-13-9-12-16-20-23(5,6)19-15-11-8-7-10-14-18-22(2,3)4;;;;/h7-8,10-11,14-15,18-19H,9,12-13,16-17,20H2,1-6H3;;;;/q-2;;;;/b8-7-,18-14-,19-15-;;;;. The number of hydrogen-bond donors (Lipinski definition) is 0. The van der Waals surface area contributed by atoms with Crippen molar-refractivity contribution in [3.63, 3.8) is 0 Å². The van der Waals surface area contributed by atoms with Gasteiger partial charge in [0.2, 0.25) is 0 Å². The van der Waals surface area contributed by atoms with Crippen LogP contribution in [0.4, 0.5) is 0 Å². The van der Waals surface area contributed by atoms with Gasteiger partial charge in [0.15, 0.2) is 0 Å². The first-order chi connectivity index (χ1) is 11.1. The van der Waals surface area contributed by atoms with Crippen LogP contribution < -0.4 is 0 Å². The molecular weight excluding hydrogens is 648 g/mol. The van der Waals surface area contributed by atoms with Crippen molar-refractivity contribution in [2.75, 3.05) is 0 Å². The molecular formula is C23H38OY4-2. The summed E-state index contributed by atoms with van der Waals surface area (Å²) in [6.45, 7) is 12.8. The summed E-state index contributed by atoms with van der Waals surface area (Å²) in [5.74, 6) is 0.313. The van der Waals surface area contributed by atoms with E-state index in [2.05, 4.69) is 83.9 Å².